The van der Waals surface area contributed by atoms with Gasteiger partial charge in [-0.15, -0.1) is 0 Å². The number of carbonyl (C=O) groups is 1. The van der Waals surface area contributed by atoms with E-state index >= 15 is 0 Å². The molecule has 0 aliphatic heterocycles. The summed E-state index contributed by atoms with van der Waals surface area (Å²) in [5.74, 6) is 5.64. The number of nitrogens with zero attached hydrogens (tertiary/aromatic N) is 1. The van der Waals surface area contributed by atoms with Crippen LogP contribution in [0.3, 0.4) is 0 Å². The van der Waals surface area contributed by atoms with Crippen LogP contribution in [0.25, 0.3) is 0 Å². The largest absolute Gasteiger partial charge is 0.348 e. The van der Waals surface area contributed by atoms with Crippen molar-refractivity contribution in [1.29, 1.82) is 0 Å². The summed E-state index contributed by atoms with van der Waals surface area (Å²) in [5.41, 5.74) is 3.16. The number of hydrogen-bond donors (Lipinski definition) is 3. The molecule has 1 fully saturated rings. The minimum absolute atomic E-state index is 0.130. The van der Waals surface area contributed by atoms with Crippen LogP contribution < -0.4 is 16.6 Å². The molecular weight excluding hydrogens is 228 g/mol. The molecule has 1 aliphatic carbocycles. The van der Waals surface area contributed by atoms with E-state index in [9.17, 15) is 4.79 Å². The number of nitrogens with one attached hydrogen (secondary N) is 2. The van der Waals surface area contributed by atoms with Crippen LogP contribution in [0.1, 0.15) is 43.6 Å². The average Bonchev–Trinajstić information content (AvgIpc) is 2.68. The summed E-state index contributed by atoms with van der Waals surface area (Å²) in [4.78, 5) is 16.2. The molecule has 0 radical (unpaired) electrons. The van der Waals surface area contributed by atoms with Crippen molar-refractivity contribution < 1.29 is 4.79 Å². The van der Waals surface area contributed by atoms with Crippen molar-refractivity contribution in [1.82, 2.24) is 10.3 Å². The molecule has 5 nitrogen and oxygen atoms in total. The summed E-state index contributed by atoms with van der Waals surface area (Å²) in [6.07, 6.45) is 3.21. The second kappa shape index (κ2) is 4.94. The molecule has 1 aromatic rings. The Morgan fingerprint density at radius 1 is 1.50 bits per heavy atom. The molecule has 4 N–H and O–H groups in total. The fourth-order valence-electron chi connectivity index (χ4n) is 2.46. The number of nitrogen functional groups attached to an aromatic ring is 1. The highest BCUT2D eigenvalue weighted by molar-refractivity contribution is 5.92. The lowest BCUT2D eigenvalue weighted by Crippen LogP contribution is -2.34. The number of rotatable bonds is 3. The highest BCUT2D eigenvalue weighted by atomic mass is 16.1. The van der Waals surface area contributed by atoms with Crippen molar-refractivity contribution in [2.75, 3.05) is 5.43 Å². The van der Waals surface area contributed by atoms with Crippen molar-refractivity contribution in [3.63, 3.8) is 0 Å². The van der Waals surface area contributed by atoms with Crippen molar-refractivity contribution in [3.8, 4) is 0 Å². The molecule has 98 valence electrons. The van der Waals surface area contributed by atoms with Gasteiger partial charge < -0.3 is 10.7 Å². The Morgan fingerprint density at radius 2 is 2.28 bits per heavy atom. The van der Waals surface area contributed by atoms with Crippen molar-refractivity contribution in [2.24, 2.45) is 11.3 Å². The van der Waals surface area contributed by atoms with Gasteiger partial charge >= 0.3 is 0 Å². The highest BCUT2D eigenvalue weighted by Crippen LogP contribution is 2.36. The molecular formula is C13H20N4O. The lowest BCUT2D eigenvalue weighted by Gasteiger charge is -2.17. The van der Waals surface area contributed by atoms with Gasteiger partial charge in [-0.25, -0.2) is 10.8 Å². The van der Waals surface area contributed by atoms with Gasteiger partial charge in [0.25, 0.3) is 5.91 Å². The van der Waals surface area contributed by atoms with E-state index in [0.717, 1.165) is 19.3 Å². The zero-order valence-electron chi connectivity index (χ0n) is 10.9. The molecule has 1 atom stereocenters. The molecule has 0 saturated heterocycles. The maximum Gasteiger partial charge on any atom is 0.270 e. The average molecular weight is 248 g/mol. The number of aromatic nitrogens is 1. The third-order valence-electron chi connectivity index (χ3n) is 3.43. The normalized spacial score (nSPS) is 21.6. The topological polar surface area (TPSA) is 80.0 Å². The lowest BCUT2D eigenvalue weighted by molar-refractivity contribution is 0.0931. The monoisotopic (exact) mass is 248 g/mol. The third kappa shape index (κ3) is 2.98. The van der Waals surface area contributed by atoms with E-state index < -0.39 is 0 Å². The van der Waals surface area contributed by atoms with E-state index in [4.69, 9.17) is 5.84 Å². The van der Waals surface area contributed by atoms with Gasteiger partial charge in [0, 0.05) is 6.04 Å². The minimum Gasteiger partial charge on any atom is -0.348 e. The van der Waals surface area contributed by atoms with E-state index in [1.54, 1.807) is 18.2 Å². The Kier molecular flexibility index (Phi) is 3.52. The molecule has 5 heteroatoms. The van der Waals surface area contributed by atoms with Crippen LogP contribution >= 0.6 is 0 Å². The molecule has 2 rings (SSSR count). The van der Waals surface area contributed by atoms with Crippen LogP contribution in [0, 0.1) is 5.41 Å². The van der Waals surface area contributed by atoms with Crippen molar-refractivity contribution in [3.05, 3.63) is 23.9 Å². The fraction of sp³-hybridized carbons (Fsp3) is 0.538. The SMILES string of the molecule is CC1(C)CCC(NC(=O)c2cccc(NN)n2)C1. The summed E-state index contributed by atoms with van der Waals surface area (Å²) < 4.78 is 0. The Bertz CT molecular complexity index is 444. The lowest BCUT2D eigenvalue weighted by atomic mass is 9.92. The van der Waals surface area contributed by atoms with Gasteiger partial charge in [0.05, 0.1) is 0 Å². The second-order valence-corrected chi connectivity index (χ2v) is 5.63. The van der Waals surface area contributed by atoms with E-state index in [1.807, 2.05) is 0 Å². The van der Waals surface area contributed by atoms with Crippen molar-refractivity contribution >= 4 is 11.7 Å². The smallest absolute Gasteiger partial charge is 0.270 e. The number of nitrogens with two attached hydrogens (primary N) is 1. The number of hydrazine groups is 1. The molecule has 0 aromatic carbocycles. The molecule has 1 aliphatic rings. The number of hydrogen-bond acceptors (Lipinski definition) is 4. The third-order valence-corrected chi connectivity index (χ3v) is 3.43. The first-order chi connectivity index (χ1) is 8.50. The number of amides is 1. The predicted octanol–water partition coefficient (Wildman–Crippen LogP) is 1.68. The highest BCUT2D eigenvalue weighted by Gasteiger charge is 2.31. The molecule has 1 aromatic heterocycles. The zero-order valence-corrected chi connectivity index (χ0v) is 10.9. The Hall–Kier alpha value is -1.62. The maximum absolute atomic E-state index is 12.0. The van der Waals surface area contributed by atoms with E-state index in [1.165, 1.54) is 0 Å². The minimum atomic E-state index is -0.130. The van der Waals surface area contributed by atoms with Gasteiger partial charge in [-0.1, -0.05) is 19.9 Å². The number of carbonyl (C=O) groups excluding carboxylic acids is 1. The quantitative estimate of drug-likeness (QED) is 0.561. The summed E-state index contributed by atoms with van der Waals surface area (Å²) in [6, 6.07) is 5.42. The number of pyridine rings is 1. The zero-order chi connectivity index (χ0) is 13.2. The van der Waals surface area contributed by atoms with E-state index in [0.29, 0.717) is 16.9 Å². The predicted molar refractivity (Wildman–Crippen MR) is 70.9 cm³/mol. The molecule has 0 bridgehead atoms. The van der Waals surface area contributed by atoms with Gasteiger partial charge in [0.15, 0.2) is 0 Å². The summed E-state index contributed by atoms with van der Waals surface area (Å²) in [6.45, 7) is 4.47. The van der Waals surface area contributed by atoms with Crippen LogP contribution in [0.5, 0.6) is 0 Å². The first-order valence-corrected chi connectivity index (χ1v) is 6.25. The molecule has 1 amide bonds. The maximum atomic E-state index is 12.0. The number of anilines is 1. The Balaban J connectivity index is 1.99. The molecule has 18 heavy (non-hydrogen) atoms. The Labute approximate surface area is 107 Å². The second-order valence-electron chi connectivity index (χ2n) is 5.63. The molecule has 1 unspecified atom stereocenters. The van der Waals surface area contributed by atoms with Gasteiger partial charge in [-0.3, -0.25) is 4.79 Å². The van der Waals surface area contributed by atoms with Crippen LogP contribution in [0.15, 0.2) is 18.2 Å². The van der Waals surface area contributed by atoms with Crippen molar-refractivity contribution in [2.45, 2.75) is 39.2 Å². The standard InChI is InChI=1S/C13H20N4O/c1-13(2)7-6-9(8-13)15-12(18)10-4-3-5-11(16-10)17-14/h3-5,9H,6-8,14H2,1-2H3,(H,15,18)(H,16,17). The first kappa shape index (κ1) is 12.8. The fourth-order valence-corrected chi connectivity index (χ4v) is 2.46. The van der Waals surface area contributed by atoms with Crippen LogP contribution in [0.2, 0.25) is 0 Å². The molecule has 1 saturated carbocycles. The van der Waals surface area contributed by atoms with E-state index in [-0.39, 0.29) is 11.9 Å². The first-order valence-electron chi connectivity index (χ1n) is 6.25. The van der Waals surface area contributed by atoms with Crippen LogP contribution in [-0.4, -0.2) is 16.9 Å². The van der Waals surface area contributed by atoms with Crippen LogP contribution in [-0.2, 0) is 0 Å². The van der Waals surface area contributed by atoms with Gasteiger partial charge in [0.2, 0.25) is 0 Å². The summed E-state index contributed by atoms with van der Waals surface area (Å²) in [7, 11) is 0. The molecule has 0 spiro atoms. The van der Waals surface area contributed by atoms with Gasteiger partial charge in [-0.05, 0) is 36.8 Å². The summed E-state index contributed by atoms with van der Waals surface area (Å²) in [5, 5.41) is 3.03. The van der Waals surface area contributed by atoms with E-state index in [2.05, 4.69) is 29.6 Å². The van der Waals surface area contributed by atoms with Gasteiger partial charge in [0.1, 0.15) is 11.5 Å². The van der Waals surface area contributed by atoms with Gasteiger partial charge in [-0.2, -0.15) is 0 Å². The van der Waals surface area contributed by atoms with Crippen LogP contribution in [0.4, 0.5) is 5.82 Å². The molecule has 1 heterocycles. The Morgan fingerprint density at radius 3 is 2.89 bits per heavy atom. The summed E-state index contributed by atoms with van der Waals surface area (Å²) >= 11 is 0.